The largest absolute Gasteiger partial charge is 0.494 e. The molecule has 7 heteroatoms. The average Bonchev–Trinajstić information content (AvgIpc) is 2.95. The van der Waals surface area contributed by atoms with Crippen LogP contribution in [0.5, 0.6) is 11.5 Å². The highest BCUT2D eigenvalue weighted by Crippen LogP contribution is 2.17. The molecule has 2 aromatic rings. The summed E-state index contributed by atoms with van der Waals surface area (Å²) < 4.78 is 12.4. The van der Waals surface area contributed by atoms with Gasteiger partial charge in [0.05, 0.1) is 6.61 Å². The number of hydrogen-bond acceptors (Lipinski definition) is 5. The van der Waals surface area contributed by atoms with Crippen LogP contribution in [0.2, 0.25) is 0 Å². The summed E-state index contributed by atoms with van der Waals surface area (Å²) in [5.74, 6) is 6.07. The molecule has 0 fully saturated rings. The summed E-state index contributed by atoms with van der Waals surface area (Å²) in [7, 11) is 0. The van der Waals surface area contributed by atoms with Crippen LogP contribution in [0, 0.1) is 0 Å². The van der Waals surface area contributed by atoms with E-state index in [1.807, 2.05) is 36.6 Å². The number of nitrogen functional groups attached to an aromatic ring is 1. The molecule has 0 unspecified atom stereocenters. The predicted octanol–water partition coefficient (Wildman–Crippen LogP) is 0.922. The van der Waals surface area contributed by atoms with Crippen LogP contribution in [0.1, 0.15) is 17.4 Å². The number of carbonyl (C=O) groups is 1. The Labute approximate surface area is 116 Å². The van der Waals surface area contributed by atoms with Crippen LogP contribution in [0.15, 0.2) is 36.5 Å². The highest BCUT2D eigenvalue weighted by molar-refractivity contribution is 5.91. The van der Waals surface area contributed by atoms with Crippen LogP contribution in [0.3, 0.4) is 0 Å². The Hall–Kier alpha value is -2.54. The lowest BCUT2D eigenvalue weighted by atomic mass is 10.3. The van der Waals surface area contributed by atoms with Crippen molar-refractivity contribution in [3.05, 3.63) is 42.2 Å². The summed E-state index contributed by atoms with van der Waals surface area (Å²) in [5.41, 5.74) is 2.26. The lowest BCUT2D eigenvalue weighted by Gasteiger charge is -2.07. The van der Waals surface area contributed by atoms with Crippen molar-refractivity contribution in [2.45, 2.75) is 13.7 Å². The predicted molar refractivity (Wildman–Crippen MR) is 72.1 cm³/mol. The van der Waals surface area contributed by atoms with Gasteiger partial charge in [0.1, 0.15) is 11.5 Å². The summed E-state index contributed by atoms with van der Waals surface area (Å²) in [4.78, 5) is 11.2. The van der Waals surface area contributed by atoms with E-state index >= 15 is 0 Å². The number of hydrazine groups is 1. The number of benzene rings is 1. The maximum absolute atomic E-state index is 11.2. The number of aromatic nitrogens is 2. The van der Waals surface area contributed by atoms with Crippen LogP contribution in [0.25, 0.3) is 0 Å². The minimum absolute atomic E-state index is 0.200. The first-order valence-electron chi connectivity index (χ1n) is 6.13. The molecule has 2 rings (SSSR count). The van der Waals surface area contributed by atoms with Gasteiger partial charge in [-0.1, -0.05) is 0 Å². The second-order valence-corrected chi connectivity index (χ2v) is 3.89. The molecule has 106 valence electrons. The normalized spacial score (nSPS) is 10.1. The fraction of sp³-hybridized carbons (Fsp3) is 0.231. The zero-order valence-electron chi connectivity index (χ0n) is 11.1. The molecule has 0 spiro atoms. The smallest absolute Gasteiger partial charge is 0.285 e. The van der Waals surface area contributed by atoms with E-state index in [-0.39, 0.29) is 12.4 Å². The van der Waals surface area contributed by atoms with Crippen molar-refractivity contribution in [3.63, 3.8) is 0 Å². The second-order valence-electron chi connectivity index (χ2n) is 3.89. The van der Waals surface area contributed by atoms with Crippen LogP contribution in [-0.2, 0) is 6.73 Å². The van der Waals surface area contributed by atoms with E-state index < -0.39 is 5.91 Å². The Bertz CT molecular complexity index is 565. The molecule has 7 nitrogen and oxygen atoms in total. The molecule has 0 saturated carbocycles. The van der Waals surface area contributed by atoms with Gasteiger partial charge in [0, 0.05) is 6.20 Å². The zero-order valence-corrected chi connectivity index (χ0v) is 11.1. The van der Waals surface area contributed by atoms with Crippen molar-refractivity contribution in [1.82, 2.24) is 15.2 Å². The van der Waals surface area contributed by atoms with Gasteiger partial charge < -0.3 is 9.47 Å². The molecule has 1 aromatic heterocycles. The van der Waals surface area contributed by atoms with Gasteiger partial charge >= 0.3 is 0 Å². The van der Waals surface area contributed by atoms with Crippen molar-refractivity contribution in [3.8, 4) is 11.5 Å². The van der Waals surface area contributed by atoms with Gasteiger partial charge in [-0.25, -0.2) is 10.5 Å². The number of ether oxygens (including phenoxy) is 2. The number of nitrogens with one attached hydrogen (secondary N) is 1. The Morgan fingerprint density at radius 1 is 1.25 bits per heavy atom. The Morgan fingerprint density at radius 3 is 2.50 bits per heavy atom. The average molecular weight is 276 g/mol. The Kier molecular flexibility index (Phi) is 4.56. The molecule has 0 aliphatic heterocycles. The molecule has 20 heavy (non-hydrogen) atoms. The molecule has 0 saturated heterocycles. The van der Waals surface area contributed by atoms with E-state index in [9.17, 15) is 4.79 Å². The van der Waals surface area contributed by atoms with Gasteiger partial charge in [0.25, 0.3) is 5.91 Å². The number of nitrogens with zero attached hydrogens (tertiary/aromatic N) is 2. The van der Waals surface area contributed by atoms with E-state index in [4.69, 9.17) is 15.3 Å². The van der Waals surface area contributed by atoms with Crippen molar-refractivity contribution in [2.75, 3.05) is 6.61 Å². The first-order chi connectivity index (χ1) is 9.72. The minimum Gasteiger partial charge on any atom is -0.494 e. The SMILES string of the molecule is CCOc1ccc(OCn2ccc(C(=O)NN)n2)cc1. The number of carbonyl (C=O) groups excluding carboxylic acids is 1. The third-order valence-corrected chi connectivity index (χ3v) is 2.50. The molecule has 3 N–H and O–H groups in total. The van der Waals surface area contributed by atoms with E-state index in [2.05, 4.69) is 5.10 Å². The summed E-state index contributed by atoms with van der Waals surface area (Å²) in [6, 6.07) is 8.83. The molecule has 1 amide bonds. The second kappa shape index (κ2) is 6.58. The minimum atomic E-state index is -0.440. The maximum atomic E-state index is 11.2. The zero-order chi connectivity index (χ0) is 14.4. The molecule has 1 aromatic carbocycles. The summed E-state index contributed by atoms with van der Waals surface area (Å²) in [6.45, 7) is 2.75. The molecular weight excluding hydrogens is 260 g/mol. The maximum Gasteiger partial charge on any atom is 0.285 e. The van der Waals surface area contributed by atoms with E-state index in [0.717, 1.165) is 5.75 Å². The molecule has 0 bridgehead atoms. The number of nitrogens with two attached hydrogens (primary N) is 1. The summed E-state index contributed by atoms with van der Waals surface area (Å²) >= 11 is 0. The van der Waals surface area contributed by atoms with Gasteiger partial charge in [-0.05, 0) is 37.3 Å². The Balaban J connectivity index is 1.91. The lowest BCUT2D eigenvalue weighted by molar-refractivity contribution is 0.0946. The first kappa shape index (κ1) is 13.9. The highest BCUT2D eigenvalue weighted by atomic mass is 16.5. The van der Waals surface area contributed by atoms with Gasteiger partial charge in [0.15, 0.2) is 12.4 Å². The van der Waals surface area contributed by atoms with Gasteiger partial charge in [-0.15, -0.1) is 0 Å². The monoisotopic (exact) mass is 276 g/mol. The van der Waals surface area contributed by atoms with E-state index in [1.54, 1.807) is 12.3 Å². The van der Waals surface area contributed by atoms with Crippen LogP contribution < -0.4 is 20.7 Å². The van der Waals surface area contributed by atoms with Crippen LogP contribution in [-0.4, -0.2) is 22.3 Å². The molecule has 0 aliphatic carbocycles. The first-order valence-corrected chi connectivity index (χ1v) is 6.13. The van der Waals surface area contributed by atoms with E-state index in [1.165, 1.54) is 4.68 Å². The van der Waals surface area contributed by atoms with Crippen molar-refractivity contribution >= 4 is 5.91 Å². The summed E-state index contributed by atoms with van der Waals surface area (Å²) in [6.07, 6.45) is 1.64. The van der Waals surface area contributed by atoms with Gasteiger partial charge in [0.2, 0.25) is 0 Å². The topological polar surface area (TPSA) is 91.4 Å². The number of amides is 1. The molecule has 0 radical (unpaired) electrons. The van der Waals surface area contributed by atoms with Crippen molar-refractivity contribution in [2.24, 2.45) is 5.84 Å². The fourth-order valence-corrected chi connectivity index (χ4v) is 1.57. The van der Waals surface area contributed by atoms with Crippen molar-refractivity contribution in [1.29, 1.82) is 0 Å². The van der Waals surface area contributed by atoms with Gasteiger partial charge in [-0.3, -0.25) is 10.2 Å². The number of hydrogen-bond donors (Lipinski definition) is 2. The standard InChI is InChI=1S/C13H16N4O3/c1-2-19-10-3-5-11(6-4-10)20-9-17-8-7-12(16-17)13(18)15-14/h3-8H,2,9,14H2,1H3,(H,15,18). The molecule has 1 heterocycles. The molecule has 0 aliphatic rings. The van der Waals surface area contributed by atoms with E-state index in [0.29, 0.717) is 12.4 Å². The number of rotatable bonds is 6. The quantitative estimate of drug-likeness (QED) is 0.465. The van der Waals surface area contributed by atoms with Crippen LogP contribution in [0.4, 0.5) is 0 Å². The molecular formula is C13H16N4O3. The third-order valence-electron chi connectivity index (χ3n) is 2.50. The lowest BCUT2D eigenvalue weighted by Crippen LogP contribution is -2.30. The van der Waals surface area contributed by atoms with Gasteiger partial charge in [-0.2, -0.15) is 5.10 Å². The van der Waals surface area contributed by atoms with Crippen LogP contribution >= 0.6 is 0 Å². The fourth-order valence-electron chi connectivity index (χ4n) is 1.57. The summed E-state index contributed by atoms with van der Waals surface area (Å²) in [5, 5.41) is 4.02. The third kappa shape index (κ3) is 3.48. The Morgan fingerprint density at radius 2 is 1.90 bits per heavy atom. The highest BCUT2D eigenvalue weighted by Gasteiger charge is 2.07. The van der Waals surface area contributed by atoms with Crippen molar-refractivity contribution < 1.29 is 14.3 Å². The molecule has 0 atom stereocenters.